The van der Waals surface area contributed by atoms with Gasteiger partial charge in [0.1, 0.15) is 0 Å². The van der Waals surface area contributed by atoms with E-state index >= 15 is 0 Å². The second kappa shape index (κ2) is 11.1. The number of likely N-dealkylation sites (N-methyl/N-ethyl adjacent to an activating group) is 1. The molecule has 0 fully saturated rings. The molecule has 0 saturated heterocycles. The van der Waals surface area contributed by atoms with Crippen molar-refractivity contribution in [2.24, 2.45) is 0 Å². The molecule has 1 rings (SSSR count). The second-order valence-corrected chi connectivity index (χ2v) is 6.71. The molecule has 1 aromatic heterocycles. The Labute approximate surface area is 142 Å². The summed E-state index contributed by atoms with van der Waals surface area (Å²) in [7, 11) is 3.92. The number of amides is 2. The summed E-state index contributed by atoms with van der Waals surface area (Å²) in [6.07, 6.45) is 6.40. The lowest BCUT2D eigenvalue weighted by molar-refractivity contribution is -0.135. The average molecular weight is 340 g/mol. The van der Waals surface area contributed by atoms with Gasteiger partial charge in [-0.1, -0.05) is 26.2 Å². The normalized spacial score (nSPS) is 10.8. The number of nitrogens with zero attached hydrogens (tertiary/aromatic N) is 3. The standard InChI is InChI=1S/C16H28N4O2S/c1-4-5-6-7-8-15(22)20(11-10-19(2)3)13-14(21)18-16-17-9-12-23-16/h9,12H,4-8,10-11,13H2,1-3H3,(H,17,18,21). The largest absolute Gasteiger partial charge is 0.332 e. The zero-order chi connectivity index (χ0) is 17.1. The molecule has 0 unspecified atom stereocenters. The van der Waals surface area contributed by atoms with Crippen molar-refractivity contribution < 1.29 is 9.59 Å². The van der Waals surface area contributed by atoms with Crippen LogP contribution in [0.2, 0.25) is 0 Å². The zero-order valence-corrected chi connectivity index (χ0v) is 15.2. The van der Waals surface area contributed by atoms with Gasteiger partial charge in [-0.15, -0.1) is 11.3 Å². The summed E-state index contributed by atoms with van der Waals surface area (Å²) in [5.41, 5.74) is 0. The molecule has 2 amide bonds. The molecule has 23 heavy (non-hydrogen) atoms. The minimum Gasteiger partial charge on any atom is -0.332 e. The molecule has 0 aliphatic heterocycles. The summed E-state index contributed by atoms with van der Waals surface area (Å²) in [5.74, 6) is -0.141. The van der Waals surface area contributed by atoms with Crippen LogP contribution in [-0.4, -0.2) is 60.3 Å². The highest BCUT2D eigenvalue weighted by atomic mass is 32.1. The fraction of sp³-hybridized carbons (Fsp3) is 0.688. The minimum atomic E-state index is -0.194. The molecule has 6 nitrogen and oxygen atoms in total. The Morgan fingerprint density at radius 3 is 2.61 bits per heavy atom. The van der Waals surface area contributed by atoms with Crippen molar-refractivity contribution in [3.63, 3.8) is 0 Å². The molecule has 0 spiro atoms. The molecule has 130 valence electrons. The third kappa shape index (κ3) is 8.66. The number of carbonyl (C=O) groups is 2. The Bertz CT molecular complexity index is 463. The fourth-order valence-electron chi connectivity index (χ4n) is 2.09. The van der Waals surface area contributed by atoms with Crippen LogP contribution in [0.3, 0.4) is 0 Å². The van der Waals surface area contributed by atoms with Crippen LogP contribution in [0.5, 0.6) is 0 Å². The van der Waals surface area contributed by atoms with E-state index in [1.165, 1.54) is 11.3 Å². The van der Waals surface area contributed by atoms with Crippen LogP contribution < -0.4 is 5.32 Å². The number of unbranched alkanes of at least 4 members (excludes halogenated alkanes) is 3. The lowest BCUT2D eigenvalue weighted by Crippen LogP contribution is -2.41. The van der Waals surface area contributed by atoms with Crippen molar-refractivity contribution in [3.05, 3.63) is 11.6 Å². The first-order valence-corrected chi connectivity index (χ1v) is 9.02. The highest BCUT2D eigenvalue weighted by Gasteiger charge is 2.17. The molecule has 0 radical (unpaired) electrons. The van der Waals surface area contributed by atoms with Gasteiger partial charge in [0.05, 0.1) is 6.54 Å². The van der Waals surface area contributed by atoms with Crippen molar-refractivity contribution in [3.8, 4) is 0 Å². The Balaban J connectivity index is 2.49. The highest BCUT2D eigenvalue weighted by molar-refractivity contribution is 7.13. The Hall–Kier alpha value is -1.47. The van der Waals surface area contributed by atoms with E-state index in [1.54, 1.807) is 16.5 Å². The summed E-state index contributed by atoms with van der Waals surface area (Å²) in [6, 6.07) is 0. The molecule has 1 N–H and O–H groups in total. The minimum absolute atomic E-state index is 0.0530. The summed E-state index contributed by atoms with van der Waals surface area (Å²) in [5, 5.41) is 5.10. The molecule has 1 aromatic rings. The number of aromatic nitrogens is 1. The predicted molar refractivity (Wildman–Crippen MR) is 94.6 cm³/mol. The smallest absolute Gasteiger partial charge is 0.245 e. The first-order valence-electron chi connectivity index (χ1n) is 8.14. The third-order valence-corrected chi connectivity index (χ3v) is 4.12. The number of hydrogen-bond acceptors (Lipinski definition) is 5. The molecule has 1 heterocycles. The maximum absolute atomic E-state index is 12.4. The van der Waals surface area contributed by atoms with E-state index in [0.717, 1.165) is 32.2 Å². The van der Waals surface area contributed by atoms with E-state index in [1.807, 2.05) is 19.0 Å². The van der Waals surface area contributed by atoms with Crippen molar-refractivity contribution in [2.75, 3.05) is 39.0 Å². The number of nitrogens with one attached hydrogen (secondary N) is 1. The third-order valence-electron chi connectivity index (χ3n) is 3.43. The number of hydrogen-bond donors (Lipinski definition) is 1. The van der Waals surface area contributed by atoms with Crippen LogP contribution in [0.1, 0.15) is 39.0 Å². The van der Waals surface area contributed by atoms with E-state index in [-0.39, 0.29) is 18.4 Å². The molecule has 0 aliphatic rings. The van der Waals surface area contributed by atoms with Gasteiger partial charge in [-0.25, -0.2) is 4.98 Å². The van der Waals surface area contributed by atoms with Gasteiger partial charge in [0, 0.05) is 31.1 Å². The number of rotatable bonds is 11. The van der Waals surface area contributed by atoms with Crippen molar-refractivity contribution in [2.45, 2.75) is 39.0 Å². The number of carbonyl (C=O) groups excluding carboxylic acids is 2. The van der Waals surface area contributed by atoms with E-state index in [9.17, 15) is 9.59 Å². The van der Waals surface area contributed by atoms with Crippen LogP contribution in [0, 0.1) is 0 Å². The van der Waals surface area contributed by atoms with Gasteiger partial charge >= 0.3 is 0 Å². The Morgan fingerprint density at radius 2 is 2.00 bits per heavy atom. The maximum Gasteiger partial charge on any atom is 0.245 e. The van der Waals surface area contributed by atoms with Gasteiger partial charge in [0.15, 0.2) is 5.13 Å². The van der Waals surface area contributed by atoms with E-state index in [4.69, 9.17) is 0 Å². The van der Waals surface area contributed by atoms with E-state index < -0.39 is 0 Å². The molecule has 7 heteroatoms. The number of thiazole rings is 1. The fourth-order valence-corrected chi connectivity index (χ4v) is 2.64. The highest BCUT2D eigenvalue weighted by Crippen LogP contribution is 2.10. The quantitative estimate of drug-likeness (QED) is 0.628. The van der Waals surface area contributed by atoms with Gasteiger partial charge < -0.3 is 15.1 Å². The van der Waals surface area contributed by atoms with Gasteiger partial charge in [-0.2, -0.15) is 0 Å². The topological polar surface area (TPSA) is 65.5 Å². The summed E-state index contributed by atoms with van der Waals surface area (Å²) in [6.45, 7) is 3.53. The zero-order valence-electron chi connectivity index (χ0n) is 14.4. The van der Waals surface area contributed by atoms with Crippen LogP contribution in [0.15, 0.2) is 11.6 Å². The monoisotopic (exact) mass is 340 g/mol. The summed E-state index contributed by atoms with van der Waals surface area (Å²) >= 11 is 1.37. The lowest BCUT2D eigenvalue weighted by Gasteiger charge is -2.23. The van der Waals surface area contributed by atoms with Gasteiger partial charge in [0.25, 0.3) is 0 Å². The molecule has 0 aromatic carbocycles. The van der Waals surface area contributed by atoms with Crippen molar-refractivity contribution in [1.29, 1.82) is 0 Å². The molecular weight excluding hydrogens is 312 g/mol. The van der Waals surface area contributed by atoms with E-state index in [2.05, 4.69) is 17.2 Å². The van der Waals surface area contributed by atoms with Crippen molar-refractivity contribution >= 4 is 28.3 Å². The SMILES string of the molecule is CCCCCCC(=O)N(CCN(C)C)CC(=O)Nc1nccs1. The van der Waals surface area contributed by atoms with Crippen LogP contribution in [0.4, 0.5) is 5.13 Å². The van der Waals surface area contributed by atoms with Gasteiger partial charge in [0.2, 0.25) is 11.8 Å². The Morgan fingerprint density at radius 1 is 1.22 bits per heavy atom. The van der Waals surface area contributed by atoms with Crippen molar-refractivity contribution in [1.82, 2.24) is 14.8 Å². The summed E-state index contributed by atoms with van der Waals surface area (Å²) in [4.78, 5) is 32.2. The first kappa shape index (κ1) is 19.6. The second-order valence-electron chi connectivity index (χ2n) is 5.81. The van der Waals surface area contributed by atoms with E-state index in [0.29, 0.717) is 18.1 Å². The van der Waals surface area contributed by atoms with Crippen LogP contribution in [0.25, 0.3) is 0 Å². The maximum atomic E-state index is 12.4. The summed E-state index contributed by atoms with van der Waals surface area (Å²) < 4.78 is 0. The lowest BCUT2D eigenvalue weighted by atomic mass is 10.1. The molecular formula is C16H28N4O2S. The number of anilines is 1. The van der Waals surface area contributed by atoms with Crippen LogP contribution in [-0.2, 0) is 9.59 Å². The Kier molecular flexibility index (Phi) is 9.47. The first-order chi connectivity index (χ1) is 11.0. The molecule has 0 aliphatic carbocycles. The van der Waals surface area contributed by atoms with Crippen LogP contribution >= 0.6 is 11.3 Å². The average Bonchev–Trinajstić information content (AvgIpc) is 3.00. The molecule has 0 bridgehead atoms. The molecule has 0 atom stereocenters. The van der Waals surface area contributed by atoms with Gasteiger partial charge in [-0.3, -0.25) is 9.59 Å². The van der Waals surface area contributed by atoms with Gasteiger partial charge in [-0.05, 0) is 20.5 Å². The predicted octanol–water partition coefficient (Wildman–Crippen LogP) is 2.44. The molecule has 0 saturated carbocycles.